The molecule has 0 aliphatic heterocycles. The number of phenols is 1. The van der Waals surface area contributed by atoms with Gasteiger partial charge in [0.05, 0.1) is 12.7 Å². The molecule has 0 radical (unpaired) electrons. The second kappa shape index (κ2) is 4.70. The molecule has 2 aromatic rings. The smallest absolute Gasteiger partial charge is 0.195 e. The highest BCUT2D eigenvalue weighted by molar-refractivity contribution is 7.71. The first-order valence-corrected chi connectivity index (χ1v) is 6.30. The summed E-state index contributed by atoms with van der Waals surface area (Å²) in [5.41, 5.74) is 0.344. The second-order valence-corrected chi connectivity index (χ2v) is 5.63. The minimum Gasteiger partial charge on any atom is -0.507 e. The Morgan fingerprint density at radius 2 is 2.05 bits per heavy atom. The van der Waals surface area contributed by atoms with Gasteiger partial charge in [0.15, 0.2) is 10.6 Å². The highest BCUT2D eigenvalue weighted by atomic mass is 32.1. The summed E-state index contributed by atoms with van der Waals surface area (Å²) < 4.78 is 7.57. The van der Waals surface area contributed by atoms with Crippen LogP contribution in [0.4, 0.5) is 0 Å². The zero-order chi connectivity index (χ0) is 14.2. The van der Waals surface area contributed by atoms with Crippen LogP contribution in [0.3, 0.4) is 0 Å². The monoisotopic (exact) mass is 279 g/mol. The Bertz CT molecular complexity index is 653. The topological polar surface area (TPSA) is 63.1 Å². The molecule has 0 spiro atoms. The third kappa shape index (κ3) is 2.49. The number of aromatic hydroxyl groups is 1. The van der Waals surface area contributed by atoms with Crippen molar-refractivity contribution in [2.45, 2.75) is 26.3 Å². The molecular formula is C13H17N3O2S. The van der Waals surface area contributed by atoms with Crippen LogP contribution < -0.4 is 4.74 Å². The van der Waals surface area contributed by atoms with Crippen LogP contribution in [-0.2, 0) is 5.54 Å². The molecule has 0 bridgehead atoms. The van der Waals surface area contributed by atoms with E-state index in [1.165, 1.54) is 0 Å². The molecule has 2 rings (SSSR count). The molecule has 0 saturated heterocycles. The summed E-state index contributed by atoms with van der Waals surface area (Å²) in [7, 11) is 1.58. The second-order valence-electron chi connectivity index (χ2n) is 5.24. The lowest BCUT2D eigenvalue weighted by Crippen LogP contribution is -2.23. The van der Waals surface area contributed by atoms with Crippen molar-refractivity contribution in [2.24, 2.45) is 0 Å². The normalized spacial score (nSPS) is 11.6. The summed E-state index contributed by atoms with van der Waals surface area (Å²) in [4.78, 5) is 0. The van der Waals surface area contributed by atoms with E-state index in [0.717, 1.165) is 0 Å². The third-order valence-corrected chi connectivity index (χ3v) is 3.06. The van der Waals surface area contributed by atoms with E-state index in [-0.39, 0.29) is 11.3 Å². The summed E-state index contributed by atoms with van der Waals surface area (Å²) in [5, 5.41) is 17.0. The average molecular weight is 279 g/mol. The van der Waals surface area contributed by atoms with E-state index in [9.17, 15) is 5.11 Å². The first-order valence-electron chi connectivity index (χ1n) is 5.90. The Balaban J connectivity index is 2.70. The SMILES string of the molecule is COc1ccc(O)c(-c2n[nH]c(=S)n2C(C)(C)C)c1. The molecule has 0 amide bonds. The van der Waals surface area contributed by atoms with Gasteiger partial charge in [-0.1, -0.05) is 0 Å². The maximum Gasteiger partial charge on any atom is 0.195 e. The summed E-state index contributed by atoms with van der Waals surface area (Å²) in [6.07, 6.45) is 0. The van der Waals surface area contributed by atoms with Gasteiger partial charge in [-0.25, -0.2) is 0 Å². The maximum atomic E-state index is 10.0. The molecule has 0 aliphatic rings. The van der Waals surface area contributed by atoms with Gasteiger partial charge in [-0.15, -0.1) is 0 Å². The number of aromatic amines is 1. The highest BCUT2D eigenvalue weighted by Crippen LogP contribution is 2.33. The van der Waals surface area contributed by atoms with Gasteiger partial charge in [0.2, 0.25) is 0 Å². The number of aromatic nitrogens is 3. The number of benzene rings is 1. The first kappa shape index (κ1) is 13.6. The molecule has 6 heteroatoms. The van der Waals surface area contributed by atoms with Crippen LogP contribution in [0.25, 0.3) is 11.4 Å². The fraction of sp³-hybridized carbons (Fsp3) is 0.385. The largest absolute Gasteiger partial charge is 0.507 e. The standard InChI is InChI=1S/C13H17N3O2S/c1-13(2,3)16-11(14-15-12(16)19)9-7-8(18-4)5-6-10(9)17/h5-7,17H,1-4H3,(H,15,19). The number of H-pyrrole nitrogens is 1. The van der Waals surface area contributed by atoms with Crippen LogP contribution in [0.5, 0.6) is 11.5 Å². The molecule has 5 nitrogen and oxygen atoms in total. The number of methoxy groups -OCH3 is 1. The van der Waals surface area contributed by atoms with E-state index in [1.54, 1.807) is 25.3 Å². The van der Waals surface area contributed by atoms with E-state index in [2.05, 4.69) is 10.2 Å². The zero-order valence-corrected chi connectivity index (χ0v) is 12.2. The number of hydrogen-bond acceptors (Lipinski definition) is 4. The molecule has 19 heavy (non-hydrogen) atoms. The summed E-state index contributed by atoms with van der Waals surface area (Å²) in [6.45, 7) is 6.08. The molecule has 0 unspecified atom stereocenters. The van der Waals surface area contributed by atoms with Gasteiger partial charge in [0.1, 0.15) is 11.5 Å². The van der Waals surface area contributed by atoms with Crippen LogP contribution >= 0.6 is 12.2 Å². The average Bonchev–Trinajstić information content (AvgIpc) is 2.71. The van der Waals surface area contributed by atoms with Crippen LogP contribution in [0.15, 0.2) is 18.2 Å². The van der Waals surface area contributed by atoms with Crippen LogP contribution in [0.2, 0.25) is 0 Å². The number of nitrogens with zero attached hydrogens (tertiary/aromatic N) is 2. The molecule has 1 aromatic heterocycles. The highest BCUT2D eigenvalue weighted by Gasteiger charge is 2.22. The first-order chi connectivity index (χ1) is 8.84. The maximum absolute atomic E-state index is 10.0. The zero-order valence-electron chi connectivity index (χ0n) is 11.4. The van der Waals surface area contributed by atoms with Crippen molar-refractivity contribution in [1.29, 1.82) is 0 Å². The number of nitrogens with one attached hydrogen (secondary N) is 1. The van der Waals surface area contributed by atoms with E-state index >= 15 is 0 Å². The van der Waals surface area contributed by atoms with Crippen LogP contribution in [0, 0.1) is 4.77 Å². The molecule has 0 saturated carbocycles. The van der Waals surface area contributed by atoms with Crippen molar-refractivity contribution in [3.05, 3.63) is 23.0 Å². The Morgan fingerprint density at radius 3 is 2.63 bits per heavy atom. The fourth-order valence-electron chi connectivity index (χ4n) is 1.92. The van der Waals surface area contributed by atoms with Crippen molar-refractivity contribution >= 4 is 12.2 Å². The van der Waals surface area contributed by atoms with Crippen LogP contribution in [0.1, 0.15) is 20.8 Å². The number of hydrogen-bond donors (Lipinski definition) is 2. The number of rotatable bonds is 2. The molecule has 102 valence electrons. The number of ether oxygens (including phenoxy) is 1. The predicted octanol–water partition coefficient (Wildman–Crippen LogP) is 3.08. The molecule has 1 heterocycles. The van der Waals surface area contributed by atoms with Crippen molar-refractivity contribution in [2.75, 3.05) is 7.11 Å². The Hall–Kier alpha value is -1.82. The van der Waals surface area contributed by atoms with Gasteiger partial charge in [-0.05, 0) is 51.2 Å². The van der Waals surface area contributed by atoms with E-state index in [4.69, 9.17) is 17.0 Å². The van der Waals surface area contributed by atoms with Gasteiger partial charge in [0.25, 0.3) is 0 Å². The fourth-order valence-corrected chi connectivity index (χ4v) is 2.33. The summed E-state index contributed by atoms with van der Waals surface area (Å²) in [6, 6.07) is 5.02. The lowest BCUT2D eigenvalue weighted by Gasteiger charge is -2.22. The van der Waals surface area contributed by atoms with Crippen molar-refractivity contribution in [3.63, 3.8) is 0 Å². The summed E-state index contributed by atoms with van der Waals surface area (Å²) >= 11 is 5.26. The molecule has 1 aromatic carbocycles. The van der Waals surface area contributed by atoms with E-state index in [0.29, 0.717) is 21.9 Å². The van der Waals surface area contributed by atoms with Gasteiger partial charge >= 0.3 is 0 Å². The van der Waals surface area contributed by atoms with Crippen LogP contribution in [-0.4, -0.2) is 27.0 Å². The van der Waals surface area contributed by atoms with E-state index < -0.39 is 0 Å². The van der Waals surface area contributed by atoms with Crippen molar-refractivity contribution in [3.8, 4) is 22.9 Å². The minimum atomic E-state index is -0.241. The lowest BCUT2D eigenvalue weighted by molar-refractivity contribution is 0.393. The quantitative estimate of drug-likeness (QED) is 0.829. The van der Waals surface area contributed by atoms with Crippen molar-refractivity contribution in [1.82, 2.24) is 14.8 Å². The molecule has 0 atom stereocenters. The molecule has 0 fully saturated rings. The Labute approximate surface area is 116 Å². The Morgan fingerprint density at radius 1 is 1.37 bits per heavy atom. The number of phenolic OH excluding ortho intramolecular Hbond substituents is 1. The van der Waals surface area contributed by atoms with Gasteiger partial charge in [-0.2, -0.15) is 5.10 Å². The Kier molecular flexibility index (Phi) is 3.36. The molecule has 2 N–H and O–H groups in total. The third-order valence-electron chi connectivity index (χ3n) is 2.79. The minimum absolute atomic E-state index is 0.139. The van der Waals surface area contributed by atoms with Gasteiger partial charge in [0, 0.05) is 5.54 Å². The molecular weight excluding hydrogens is 262 g/mol. The predicted molar refractivity (Wildman–Crippen MR) is 76.1 cm³/mol. The molecule has 0 aliphatic carbocycles. The van der Waals surface area contributed by atoms with E-state index in [1.807, 2.05) is 25.3 Å². The lowest BCUT2D eigenvalue weighted by atomic mass is 10.1. The van der Waals surface area contributed by atoms with Gasteiger partial charge in [-0.3, -0.25) is 9.67 Å². The van der Waals surface area contributed by atoms with Gasteiger partial charge < -0.3 is 9.84 Å². The van der Waals surface area contributed by atoms with Crippen molar-refractivity contribution < 1.29 is 9.84 Å². The summed E-state index contributed by atoms with van der Waals surface area (Å²) in [5.74, 6) is 1.39.